The van der Waals surface area contributed by atoms with Gasteiger partial charge in [0.25, 0.3) is 0 Å². The van der Waals surface area contributed by atoms with Crippen LogP contribution in [0.25, 0.3) is 0 Å². The van der Waals surface area contributed by atoms with Crippen molar-refractivity contribution in [2.24, 2.45) is 0 Å². The first-order valence-electron chi connectivity index (χ1n) is 6.46. The summed E-state index contributed by atoms with van der Waals surface area (Å²) in [6.45, 7) is 5.68. The third kappa shape index (κ3) is 6.61. The van der Waals surface area contributed by atoms with Gasteiger partial charge in [-0.3, -0.25) is 4.79 Å². The predicted molar refractivity (Wildman–Crippen MR) is 83.4 cm³/mol. The molecule has 0 aliphatic rings. The van der Waals surface area contributed by atoms with Gasteiger partial charge in [0.05, 0.1) is 8.67 Å². The molecule has 0 aliphatic heterocycles. The summed E-state index contributed by atoms with van der Waals surface area (Å²) in [5.41, 5.74) is 1.03. The molecule has 0 saturated heterocycles. The van der Waals surface area contributed by atoms with Gasteiger partial charge in [-0.1, -0.05) is 30.1 Å². The third-order valence-electron chi connectivity index (χ3n) is 2.74. The van der Waals surface area contributed by atoms with Crippen molar-refractivity contribution >= 4 is 40.4 Å². The van der Waals surface area contributed by atoms with E-state index in [0.29, 0.717) is 23.3 Å². The van der Waals surface area contributed by atoms with E-state index in [1.165, 1.54) is 11.3 Å². The van der Waals surface area contributed by atoms with Gasteiger partial charge in [0.2, 0.25) is 5.91 Å². The number of likely N-dealkylation sites (N-methyl/N-ethyl adjacent to an activating group) is 1. The maximum absolute atomic E-state index is 11.6. The van der Waals surface area contributed by atoms with Crippen molar-refractivity contribution < 1.29 is 4.79 Å². The minimum absolute atomic E-state index is 0.0854. The number of carbonyl (C=O) groups is 1. The van der Waals surface area contributed by atoms with Crippen LogP contribution in [-0.2, 0) is 11.2 Å². The second kappa shape index (κ2) is 8.80. The number of halogens is 2. The zero-order valence-electron chi connectivity index (χ0n) is 11.3. The average Bonchev–Trinajstić information content (AvgIpc) is 2.66. The molecule has 1 rings (SSSR count). The molecule has 0 saturated carbocycles. The Labute approximate surface area is 128 Å². The van der Waals surface area contributed by atoms with E-state index in [9.17, 15) is 4.79 Å². The van der Waals surface area contributed by atoms with E-state index in [0.717, 1.165) is 29.3 Å². The molecule has 108 valence electrons. The Bertz CT molecular complexity index is 409. The van der Waals surface area contributed by atoms with Gasteiger partial charge in [-0.25, -0.2) is 0 Å². The summed E-state index contributed by atoms with van der Waals surface area (Å²) in [5.74, 6) is 0.0854. The van der Waals surface area contributed by atoms with E-state index in [2.05, 4.69) is 17.6 Å². The number of rotatable bonds is 8. The van der Waals surface area contributed by atoms with E-state index in [1.807, 2.05) is 13.0 Å². The van der Waals surface area contributed by atoms with Crippen LogP contribution >= 0.6 is 34.5 Å². The van der Waals surface area contributed by atoms with Gasteiger partial charge < -0.3 is 10.6 Å². The first kappa shape index (κ1) is 16.8. The molecule has 0 fully saturated rings. The monoisotopic (exact) mass is 322 g/mol. The molecule has 1 amide bonds. The zero-order valence-corrected chi connectivity index (χ0v) is 13.6. The molecule has 0 unspecified atom stereocenters. The van der Waals surface area contributed by atoms with Crippen molar-refractivity contribution in [1.82, 2.24) is 10.6 Å². The van der Waals surface area contributed by atoms with Gasteiger partial charge in [-0.05, 0) is 37.9 Å². The Morgan fingerprint density at radius 3 is 2.79 bits per heavy atom. The van der Waals surface area contributed by atoms with Crippen molar-refractivity contribution in [1.29, 1.82) is 0 Å². The smallest absolute Gasteiger partial charge is 0.220 e. The summed E-state index contributed by atoms with van der Waals surface area (Å²) in [7, 11) is 0. The minimum atomic E-state index is 0.0854. The Morgan fingerprint density at radius 2 is 2.21 bits per heavy atom. The minimum Gasteiger partial charge on any atom is -0.355 e. The molecule has 19 heavy (non-hydrogen) atoms. The fourth-order valence-electron chi connectivity index (χ4n) is 1.76. The van der Waals surface area contributed by atoms with Crippen molar-refractivity contribution in [3.8, 4) is 0 Å². The highest BCUT2D eigenvalue weighted by Crippen LogP contribution is 2.31. The SMILES string of the molecule is CCN[C@H](C)CNC(=O)CCCc1cc(Cl)sc1Cl. The fraction of sp³-hybridized carbons (Fsp3) is 0.615. The molecule has 1 aromatic heterocycles. The lowest BCUT2D eigenvalue weighted by atomic mass is 10.1. The Morgan fingerprint density at radius 1 is 1.47 bits per heavy atom. The summed E-state index contributed by atoms with van der Waals surface area (Å²) in [5, 5.41) is 6.16. The van der Waals surface area contributed by atoms with Gasteiger partial charge in [0, 0.05) is 19.0 Å². The van der Waals surface area contributed by atoms with Gasteiger partial charge in [0.15, 0.2) is 0 Å². The van der Waals surface area contributed by atoms with Crippen molar-refractivity contribution in [3.05, 3.63) is 20.3 Å². The second-order valence-corrected chi connectivity index (χ2v) is 6.75. The van der Waals surface area contributed by atoms with Gasteiger partial charge in [-0.15, -0.1) is 11.3 Å². The van der Waals surface area contributed by atoms with Gasteiger partial charge in [-0.2, -0.15) is 0 Å². The van der Waals surface area contributed by atoms with E-state index < -0.39 is 0 Å². The molecule has 1 aromatic rings. The Hall–Kier alpha value is -0.290. The van der Waals surface area contributed by atoms with Crippen LogP contribution in [0.3, 0.4) is 0 Å². The topological polar surface area (TPSA) is 41.1 Å². The number of thiophene rings is 1. The van der Waals surface area contributed by atoms with Crippen molar-refractivity contribution in [3.63, 3.8) is 0 Å². The van der Waals surface area contributed by atoms with Gasteiger partial charge >= 0.3 is 0 Å². The molecule has 1 heterocycles. The van der Waals surface area contributed by atoms with Crippen LogP contribution in [0.1, 0.15) is 32.3 Å². The molecule has 2 N–H and O–H groups in total. The van der Waals surface area contributed by atoms with Gasteiger partial charge in [0.1, 0.15) is 0 Å². The van der Waals surface area contributed by atoms with E-state index in [4.69, 9.17) is 23.2 Å². The molecular formula is C13H20Cl2N2OS. The standard InChI is InChI=1S/C13H20Cl2N2OS/c1-3-16-9(2)8-17-12(18)6-4-5-10-7-11(14)19-13(10)15/h7,9,16H,3-6,8H2,1-2H3,(H,17,18)/t9-/m1/s1. The average molecular weight is 323 g/mol. The number of hydrogen-bond donors (Lipinski definition) is 2. The van der Waals surface area contributed by atoms with Crippen LogP contribution < -0.4 is 10.6 Å². The first-order chi connectivity index (χ1) is 9.02. The Kier molecular flexibility index (Phi) is 7.76. The van der Waals surface area contributed by atoms with E-state index >= 15 is 0 Å². The molecule has 0 aliphatic carbocycles. The summed E-state index contributed by atoms with van der Waals surface area (Å²) < 4.78 is 1.43. The van der Waals surface area contributed by atoms with Crippen molar-refractivity contribution in [2.75, 3.05) is 13.1 Å². The maximum Gasteiger partial charge on any atom is 0.220 e. The molecule has 0 bridgehead atoms. The van der Waals surface area contributed by atoms with Crippen LogP contribution in [0.4, 0.5) is 0 Å². The normalized spacial score (nSPS) is 12.4. The lowest BCUT2D eigenvalue weighted by Crippen LogP contribution is -2.38. The van der Waals surface area contributed by atoms with Crippen LogP contribution in [0.2, 0.25) is 8.67 Å². The quantitative estimate of drug-likeness (QED) is 0.769. The van der Waals surface area contributed by atoms with Crippen LogP contribution in [0, 0.1) is 0 Å². The number of amides is 1. The summed E-state index contributed by atoms with van der Waals surface area (Å²) >= 11 is 13.3. The molecule has 0 spiro atoms. The molecule has 1 atom stereocenters. The fourth-order valence-corrected chi connectivity index (χ4v) is 3.30. The zero-order chi connectivity index (χ0) is 14.3. The highest BCUT2D eigenvalue weighted by Gasteiger charge is 2.08. The van der Waals surface area contributed by atoms with Crippen molar-refractivity contribution in [2.45, 2.75) is 39.2 Å². The van der Waals surface area contributed by atoms with E-state index in [-0.39, 0.29) is 5.91 Å². The number of hydrogen-bond acceptors (Lipinski definition) is 3. The second-order valence-electron chi connectivity index (χ2n) is 4.47. The first-order valence-corrected chi connectivity index (χ1v) is 8.04. The Balaban J connectivity index is 2.18. The summed E-state index contributed by atoms with van der Waals surface area (Å²) in [6, 6.07) is 2.18. The lowest BCUT2D eigenvalue weighted by molar-refractivity contribution is -0.121. The molecule has 0 radical (unpaired) electrons. The number of aryl methyl sites for hydroxylation is 1. The summed E-state index contributed by atoms with van der Waals surface area (Å²) in [4.78, 5) is 11.6. The molecule has 6 heteroatoms. The molecule has 0 aromatic carbocycles. The lowest BCUT2D eigenvalue weighted by Gasteiger charge is -2.13. The van der Waals surface area contributed by atoms with E-state index in [1.54, 1.807) is 0 Å². The highest BCUT2D eigenvalue weighted by atomic mass is 35.5. The van der Waals surface area contributed by atoms with Crippen LogP contribution in [0.5, 0.6) is 0 Å². The number of nitrogens with one attached hydrogen (secondary N) is 2. The largest absolute Gasteiger partial charge is 0.355 e. The third-order valence-corrected chi connectivity index (χ3v) is 4.30. The number of carbonyl (C=O) groups excluding carboxylic acids is 1. The maximum atomic E-state index is 11.6. The summed E-state index contributed by atoms with van der Waals surface area (Å²) in [6.07, 6.45) is 2.09. The molecule has 3 nitrogen and oxygen atoms in total. The predicted octanol–water partition coefficient (Wildman–Crippen LogP) is 3.49. The highest BCUT2D eigenvalue weighted by molar-refractivity contribution is 7.20. The molecular weight excluding hydrogens is 303 g/mol. The van der Waals surface area contributed by atoms with Crippen LogP contribution in [0.15, 0.2) is 6.07 Å². The van der Waals surface area contributed by atoms with Crippen LogP contribution in [-0.4, -0.2) is 25.0 Å².